The lowest BCUT2D eigenvalue weighted by molar-refractivity contribution is 0.677. The molecule has 1 aliphatic carbocycles. The maximum Gasteiger partial charge on any atom is 0.0673 e. The maximum atomic E-state index is 4.48. The fraction of sp³-hybridized carbons (Fsp3) is 0.312. The molecular weight excluding hydrogens is 266 g/mol. The van der Waals surface area contributed by atoms with Gasteiger partial charge in [-0.05, 0) is 35.2 Å². The Kier molecular flexibility index (Phi) is 3.05. The molecule has 3 nitrogen and oxygen atoms in total. The molecule has 4 rings (SSSR count). The zero-order valence-electron chi connectivity index (χ0n) is 11.2. The molecule has 4 heteroatoms. The minimum Gasteiger partial charge on any atom is -0.310 e. The van der Waals surface area contributed by atoms with Crippen LogP contribution in [0.4, 0.5) is 0 Å². The van der Waals surface area contributed by atoms with Crippen LogP contribution in [0.25, 0.3) is 10.1 Å². The first kappa shape index (κ1) is 12.1. The number of hydrogen-bond acceptors (Lipinski definition) is 3. The molecule has 0 aliphatic heterocycles. The van der Waals surface area contributed by atoms with Crippen LogP contribution in [0.2, 0.25) is 0 Å². The van der Waals surface area contributed by atoms with E-state index in [0.717, 1.165) is 19.1 Å². The molecule has 1 N–H and O–H groups in total. The van der Waals surface area contributed by atoms with Gasteiger partial charge in [-0.15, -0.1) is 11.3 Å². The number of nitrogens with one attached hydrogen (secondary N) is 1. The summed E-state index contributed by atoms with van der Waals surface area (Å²) in [5.41, 5.74) is 2.63. The SMILES string of the molecule is c1ccc2c(Cn3cc(CNC4CC4)cn3)csc2c1. The normalized spacial score (nSPS) is 15.0. The lowest BCUT2D eigenvalue weighted by Gasteiger charge is -2.01. The molecule has 1 saturated carbocycles. The fourth-order valence-electron chi connectivity index (χ4n) is 2.46. The van der Waals surface area contributed by atoms with E-state index in [4.69, 9.17) is 0 Å². The van der Waals surface area contributed by atoms with Gasteiger partial charge < -0.3 is 5.32 Å². The van der Waals surface area contributed by atoms with Crippen molar-refractivity contribution in [3.05, 3.63) is 53.2 Å². The summed E-state index contributed by atoms with van der Waals surface area (Å²) in [6, 6.07) is 9.32. The number of benzene rings is 1. The van der Waals surface area contributed by atoms with Crippen molar-refractivity contribution in [3.63, 3.8) is 0 Å². The molecule has 102 valence electrons. The van der Waals surface area contributed by atoms with Crippen LogP contribution < -0.4 is 5.32 Å². The van der Waals surface area contributed by atoms with Gasteiger partial charge in [-0.2, -0.15) is 5.10 Å². The van der Waals surface area contributed by atoms with E-state index in [-0.39, 0.29) is 0 Å². The van der Waals surface area contributed by atoms with Crippen molar-refractivity contribution >= 4 is 21.4 Å². The van der Waals surface area contributed by atoms with Crippen LogP contribution in [-0.4, -0.2) is 15.8 Å². The van der Waals surface area contributed by atoms with Gasteiger partial charge in [0.25, 0.3) is 0 Å². The average molecular weight is 283 g/mol. The number of nitrogens with zero attached hydrogens (tertiary/aromatic N) is 2. The van der Waals surface area contributed by atoms with Crippen molar-refractivity contribution in [2.45, 2.75) is 32.0 Å². The Morgan fingerprint density at radius 3 is 3.10 bits per heavy atom. The second-order valence-corrected chi connectivity index (χ2v) is 6.37. The Hall–Kier alpha value is -1.65. The largest absolute Gasteiger partial charge is 0.310 e. The molecule has 20 heavy (non-hydrogen) atoms. The number of fused-ring (bicyclic) bond motifs is 1. The first-order chi connectivity index (χ1) is 9.88. The Morgan fingerprint density at radius 1 is 1.30 bits per heavy atom. The summed E-state index contributed by atoms with van der Waals surface area (Å²) in [4.78, 5) is 0. The molecule has 1 fully saturated rings. The molecule has 0 amide bonds. The van der Waals surface area contributed by atoms with Gasteiger partial charge in [-0.25, -0.2) is 0 Å². The molecule has 0 saturated heterocycles. The number of rotatable bonds is 5. The Morgan fingerprint density at radius 2 is 2.20 bits per heavy atom. The molecular formula is C16H17N3S. The highest BCUT2D eigenvalue weighted by Crippen LogP contribution is 2.26. The summed E-state index contributed by atoms with van der Waals surface area (Å²) in [6.45, 7) is 1.79. The lowest BCUT2D eigenvalue weighted by atomic mass is 10.2. The van der Waals surface area contributed by atoms with Gasteiger partial charge in [0.05, 0.1) is 12.7 Å². The van der Waals surface area contributed by atoms with Crippen molar-refractivity contribution in [1.82, 2.24) is 15.1 Å². The highest BCUT2D eigenvalue weighted by Gasteiger charge is 2.20. The van der Waals surface area contributed by atoms with E-state index in [1.165, 1.54) is 34.1 Å². The Bertz CT molecular complexity index is 724. The van der Waals surface area contributed by atoms with Gasteiger partial charge >= 0.3 is 0 Å². The summed E-state index contributed by atoms with van der Waals surface area (Å²) in [6.07, 6.45) is 6.79. The predicted octanol–water partition coefficient (Wildman–Crippen LogP) is 3.40. The Labute approximate surface area is 122 Å². The van der Waals surface area contributed by atoms with Crippen molar-refractivity contribution in [2.75, 3.05) is 0 Å². The van der Waals surface area contributed by atoms with E-state index in [2.05, 4.69) is 46.3 Å². The van der Waals surface area contributed by atoms with Gasteiger partial charge in [-0.3, -0.25) is 4.68 Å². The van der Waals surface area contributed by atoms with E-state index < -0.39 is 0 Å². The number of aromatic nitrogens is 2. The van der Waals surface area contributed by atoms with Crippen molar-refractivity contribution < 1.29 is 0 Å². The van der Waals surface area contributed by atoms with Crippen LogP contribution in [0.5, 0.6) is 0 Å². The molecule has 0 radical (unpaired) electrons. The highest BCUT2D eigenvalue weighted by atomic mass is 32.1. The quantitative estimate of drug-likeness (QED) is 0.778. The average Bonchev–Trinajstić information content (AvgIpc) is 3.06. The minimum absolute atomic E-state index is 0.749. The maximum absolute atomic E-state index is 4.48. The molecule has 2 heterocycles. The fourth-order valence-corrected chi connectivity index (χ4v) is 3.42. The highest BCUT2D eigenvalue weighted by molar-refractivity contribution is 7.17. The number of thiophene rings is 1. The second kappa shape index (κ2) is 5.04. The molecule has 0 atom stereocenters. The van der Waals surface area contributed by atoms with Gasteiger partial charge in [0.1, 0.15) is 0 Å². The standard InChI is InChI=1S/C16H17N3S/c1-2-4-16-15(3-1)13(11-20-16)10-19-9-12(8-18-19)7-17-14-5-6-14/h1-4,8-9,11,14,17H,5-7,10H2. The molecule has 3 aromatic rings. The van der Waals surface area contributed by atoms with E-state index in [0.29, 0.717) is 0 Å². The Balaban J connectivity index is 1.50. The lowest BCUT2D eigenvalue weighted by Crippen LogP contribution is -2.14. The summed E-state index contributed by atoms with van der Waals surface area (Å²) >= 11 is 1.81. The predicted molar refractivity (Wildman–Crippen MR) is 83.0 cm³/mol. The van der Waals surface area contributed by atoms with Gasteiger partial charge in [-0.1, -0.05) is 18.2 Å². The summed E-state index contributed by atoms with van der Waals surface area (Å²) < 4.78 is 3.39. The third-order valence-corrected chi connectivity index (χ3v) is 4.76. The molecule has 1 aromatic carbocycles. The van der Waals surface area contributed by atoms with Crippen molar-refractivity contribution in [3.8, 4) is 0 Å². The van der Waals surface area contributed by atoms with Crippen LogP contribution in [0, 0.1) is 0 Å². The summed E-state index contributed by atoms with van der Waals surface area (Å²) in [5, 5.41) is 11.6. The van der Waals surface area contributed by atoms with Gasteiger partial charge in [0, 0.05) is 29.0 Å². The molecule has 0 unspecified atom stereocenters. The van der Waals surface area contributed by atoms with Crippen LogP contribution in [-0.2, 0) is 13.1 Å². The second-order valence-electron chi connectivity index (χ2n) is 5.46. The zero-order chi connectivity index (χ0) is 13.4. The monoisotopic (exact) mass is 283 g/mol. The van der Waals surface area contributed by atoms with E-state index in [1.54, 1.807) is 0 Å². The molecule has 0 spiro atoms. The van der Waals surface area contributed by atoms with E-state index >= 15 is 0 Å². The van der Waals surface area contributed by atoms with Gasteiger partial charge in [0.15, 0.2) is 0 Å². The molecule has 0 bridgehead atoms. The molecule has 2 aromatic heterocycles. The molecule has 1 aliphatic rings. The zero-order valence-corrected chi connectivity index (χ0v) is 12.1. The van der Waals surface area contributed by atoms with Crippen LogP contribution in [0.3, 0.4) is 0 Å². The first-order valence-corrected chi connectivity index (χ1v) is 7.96. The van der Waals surface area contributed by atoms with Gasteiger partial charge in [0.2, 0.25) is 0 Å². The third-order valence-electron chi connectivity index (χ3n) is 3.75. The minimum atomic E-state index is 0.749. The van der Waals surface area contributed by atoms with Crippen LogP contribution in [0.15, 0.2) is 42.0 Å². The van der Waals surface area contributed by atoms with E-state index in [1.807, 2.05) is 22.2 Å². The van der Waals surface area contributed by atoms with Crippen molar-refractivity contribution in [2.24, 2.45) is 0 Å². The third kappa shape index (κ3) is 2.49. The van der Waals surface area contributed by atoms with Crippen molar-refractivity contribution in [1.29, 1.82) is 0 Å². The summed E-state index contributed by atoms with van der Waals surface area (Å²) in [5.74, 6) is 0. The first-order valence-electron chi connectivity index (χ1n) is 7.08. The smallest absolute Gasteiger partial charge is 0.0673 e. The van der Waals surface area contributed by atoms with Crippen LogP contribution >= 0.6 is 11.3 Å². The topological polar surface area (TPSA) is 29.9 Å². The summed E-state index contributed by atoms with van der Waals surface area (Å²) in [7, 11) is 0. The number of hydrogen-bond donors (Lipinski definition) is 1. The van der Waals surface area contributed by atoms with Crippen LogP contribution in [0.1, 0.15) is 24.0 Å². The van der Waals surface area contributed by atoms with E-state index in [9.17, 15) is 0 Å².